The minimum absolute atomic E-state index is 0.0140. The van der Waals surface area contributed by atoms with Gasteiger partial charge in [0, 0.05) is 46.7 Å². The maximum atomic E-state index is 5.57. The maximum Gasteiger partial charge on any atom is 0.134 e. The second-order valence-electron chi connectivity index (χ2n) is 7.68. The van der Waals surface area contributed by atoms with Gasteiger partial charge in [0.2, 0.25) is 0 Å². The number of pyridine rings is 1. The number of anilines is 1. The second kappa shape index (κ2) is 7.68. The van der Waals surface area contributed by atoms with Crippen LogP contribution in [0.1, 0.15) is 29.9 Å². The van der Waals surface area contributed by atoms with E-state index in [0.717, 1.165) is 50.3 Å². The number of nitrogens with zero attached hydrogens (tertiary/aromatic N) is 4. The van der Waals surface area contributed by atoms with E-state index in [-0.39, 0.29) is 6.04 Å². The molecule has 1 atom stereocenters. The molecule has 0 spiro atoms. The fourth-order valence-electron chi connectivity index (χ4n) is 3.67. The highest BCUT2D eigenvalue weighted by molar-refractivity contribution is 5.85. The van der Waals surface area contributed by atoms with Gasteiger partial charge in [0.25, 0.3) is 0 Å². The Hall–Kier alpha value is -4.00. The van der Waals surface area contributed by atoms with Crippen LogP contribution in [-0.2, 0) is 0 Å². The summed E-state index contributed by atoms with van der Waals surface area (Å²) in [5.74, 6) is 1.48. The summed E-state index contributed by atoms with van der Waals surface area (Å²) in [5, 5.41) is 11.4. The van der Waals surface area contributed by atoms with E-state index in [0.29, 0.717) is 5.82 Å². The summed E-state index contributed by atoms with van der Waals surface area (Å²) in [4.78, 5) is 13.6. The van der Waals surface area contributed by atoms with Gasteiger partial charge in [-0.05, 0) is 56.2 Å². The monoisotopic (exact) mass is 410 g/mol. The van der Waals surface area contributed by atoms with Gasteiger partial charge in [-0.3, -0.25) is 10.1 Å². The molecule has 0 radical (unpaired) electrons. The molecule has 0 saturated heterocycles. The predicted octanol–water partition coefficient (Wildman–Crippen LogP) is 5.46. The topological polar surface area (TPSA) is 92.5 Å². The third-order valence-corrected chi connectivity index (χ3v) is 5.36. The van der Waals surface area contributed by atoms with Crippen molar-refractivity contribution in [1.29, 1.82) is 0 Å². The number of benzene rings is 1. The zero-order valence-corrected chi connectivity index (χ0v) is 17.5. The molecule has 0 aliphatic heterocycles. The largest absolute Gasteiger partial charge is 0.464 e. The Balaban J connectivity index is 1.44. The SMILES string of the molecule is Cc1nc(NC(C)c2cncc(-c3cn[nH]c3)c2)cc(-c2ccc3occ(C)c3c2)n1. The van der Waals surface area contributed by atoms with E-state index < -0.39 is 0 Å². The zero-order valence-electron chi connectivity index (χ0n) is 17.5. The van der Waals surface area contributed by atoms with Gasteiger partial charge in [-0.1, -0.05) is 0 Å². The van der Waals surface area contributed by atoms with E-state index in [9.17, 15) is 0 Å². The van der Waals surface area contributed by atoms with Crippen molar-refractivity contribution in [2.24, 2.45) is 0 Å². The molecular formula is C24H22N6O. The Bertz CT molecular complexity index is 1360. The number of hydrogen-bond acceptors (Lipinski definition) is 6. The van der Waals surface area contributed by atoms with Crippen molar-refractivity contribution < 1.29 is 4.42 Å². The van der Waals surface area contributed by atoms with Crippen LogP contribution in [0.3, 0.4) is 0 Å². The van der Waals surface area contributed by atoms with E-state index >= 15 is 0 Å². The molecule has 5 aromatic rings. The minimum Gasteiger partial charge on any atom is -0.464 e. The van der Waals surface area contributed by atoms with Crippen LogP contribution in [0, 0.1) is 13.8 Å². The molecule has 1 unspecified atom stereocenters. The number of aromatic amines is 1. The zero-order chi connectivity index (χ0) is 21.4. The van der Waals surface area contributed by atoms with Gasteiger partial charge in [-0.25, -0.2) is 9.97 Å². The van der Waals surface area contributed by atoms with Crippen LogP contribution < -0.4 is 5.32 Å². The molecule has 4 aromatic heterocycles. The van der Waals surface area contributed by atoms with E-state index in [1.165, 1.54) is 0 Å². The van der Waals surface area contributed by atoms with Gasteiger partial charge in [-0.2, -0.15) is 5.10 Å². The van der Waals surface area contributed by atoms with E-state index in [1.807, 2.05) is 50.6 Å². The number of rotatable bonds is 5. The predicted molar refractivity (Wildman–Crippen MR) is 121 cm³/mol. The molecule has 4 heterocycles. The number of furan rings is 1. The highest BCUT2D eigenvalue weighted by atomic mass is 16.3. The number of H-pyrrole nitrogens is 1. The molecule has 1 aromatic carbocycles. The number of hydrogen-bond donors (Lipinski definition) is 2. The third-order valence-electron chi connectivity index (χ3n) is 5.36. The fourth-order valence-corrected chi connectivity index (χ4v) is 3.67. The molecule has 0 aliphatic carbocycles. The Kier molecular flexibility index (Phi) is 4.71. The molecule has 154 valence electrons. The molecule has 0 saturated carbocycles. The lowest BCUT2D eigenvalue weighted by Crippen LogP contribution is -2.09. The van der Waals surface area contributed by atoms with Crippen molar-refractivity contribution in [1.82, 2.24) is 25.1 Å². The average molecular weight is 410 g/mol. The summed E-state index contributed by atoms with van der Waals surface area (Å²) in [6, 6.07) is 10.2. The van der Waals surface area contributed by atoms with Crippen molar-refractivity contribution in [3.8, 4) is 22.4 Å². The Labute approximate surface area is 179 Å². The summed E-state index contributed by atoms with van der Waals surface area (Å²) >= 11 is 0. The quantitative estimate of drug-likeness (QED) is 0.399. The fraction of sp³-hybridized carbons (Fsp3) is 0.167. The molecule has 0 amide bonds. The van der Waals surface area contributed by atoms with Crippen molar-refractivity contribution in [3.63, 3.8) is 0 Å². The summed E-state index contributed by atoms with van der Waals surface area (Å²) in [5.41, 5.74) is 6.97. The summed E-state index contributed by atoms with van der Waals surface area (Å²) in [6.07, 6.45) is 9.13. The smallest absolute Gasteiger partial charge is 0.134 e. The first-order valence-corrected chi connectivity index (χ1v) is 10.1. The Morgan fingerprint density at radius 3 is 2.71 bits per heavy atom. The molecule has 0 bridgehead atoms. The van der Waals surface area contributed by atoms with E-state index in [1.54, 1.807) is 12.5 Å². The summed E-state index contributed by atoms with van der Waals surface area (Å²) < 4.78 is 5.57. The van der Waals surface area contributed by atoms with Crippen molar-refractivity contribution >= 4 is 16.8 Å². The first-order chi connectivity index (χ1) is 15.1. The maximum absolute atomic E-state index is 5.57. The number of nitrogens with one attached hydrogen (secondary N) is 2. The van der Waals surface area contributed by atoms with E-state index in [2.05, 4.69) is 49.5 Å². The van der Waals surface area contributed by atoms with Crippen LogP contribution in [0.2, 0.25) is 0 Å². The number of aryl methyl sites for hydroxylation is 2. The van der Waals surface area contributed by atoms with Crippen LogP contribution in [-0.4, -0.2) is 25.1 Å². The normalized spacial score (nSPS) is 12.2. The lowest BCUT2D eigenvalue weighted by molar-refractivity contribution is 0.613. The van der Waals surface area contributed by atoms with Crippen LogP contribution in [0.5, 0.6) is 0 Å². The molecule has 0 fully saturated rings. The third kappa shape index (κ3) is 3.77. The molecule has 7 heteroatoms. The van der Waals surface area contributed by atoms with Gasteiger partial charge < -0.3 is 9.73 Å². The van der Waals surface area contributed by atoms with Crippen molar-refractivity contribution in [2.75, 3.05) is 5.32 Å². The van der Waals surface area contributed by atoms with Crippen LogP contribution in [0.15, 0.2) is 65.8 Å². The first-order valence-electron chi connectivity index (χ1n) is 10.1. The molecule has 2 N–H and O–H groups in total. The minimum atomic E-state index is 0.0140. The standard InChI is InChI=1S/C24H22N6O/c1-14-13-31-23-5-4-17(7-21(14)23)22-8-24(30-16(3)29-22)28-15(2)18-6-19(10-25-9-18)20-11-26-27-12-20/h4-13,15H,1-3H3,(H,26,27)(H,28,29,30). The second-order valence-corrected chi connectivity index (χ2v) is 7.68. The van der Waals surface area contributed by atoms with Gasteiger partial charge in [0.05, 0.1) is 24.2 Å². The van der Waals surface area contributed by atoms with Gasteiger partial charge >= 0.3 is 0 Å². The summed E-state index contributed by atoms with van der Waals surface area (Å²) in [6.45, 7) is 6.04. The molecule has 5 rings (SSSR count). The van der Waals surface area contributed by atoms with Gasteiger partial charge in [0.15, 0.2) is 0 Å². The molecule has 0 aliphatic rings. The molecular weight excluding hydrogens is 388 g/mol. The van der Waals surface area contributed by atoms with Gasteiger partial charge in [0.1, 0.15) is 17.2 Å². The first kappa shape index (κ1) is 19.0. The van der Waals surface area contributed by atoms with Crippen molar-refractivity contribution in [3.05, 3.63) is 78.3 Å². The lowest BCUT2D eigenvalue weighted by atomic mass is 10.1. The number of aromatic nitrogens is 5. The molecule has 7 nitrogen and oxygen atoms in total. The highest BCUT2D eigenvalue weighted by Crippen LogP contribution is 2.29. The van der Waals surface area contributed by atoms with Crippen molar-refractivity contribution in [2.45, 2.75) is 26.8 Å². The Morgan fingerprint density at radius 2 is 1.87 bits per heavy atom. The Morgan fingerprint density at radius 1 is 0.968 bits per heavy atom. The van der Waals surface area contributed by atoms with Crippen LogP contribution >= 0.6 is 0 Å². The van der Waals surface area contributed by atoms with Crippen LogP contribution in [0.25, 0.3) is 33.4 Å². The lowest BCUT2D eigenvalue weighted by Gasteiger charge is -2.16. The number of fused-ring (bicyclic) bond motifs is 1. The van der Waals surface area contributed by atoms with E-state index in [4.69, 9.17) is 4.42 Å². The average Bonchev–Trinajstić information content (AvgIpc) is 3.44. The van der Waals surface area contributed by atoms with Crippen LogP contribution in [0.4, 0.5) is 5.82 Å². The van der Waals surface area contributed by atoms with Gasteiger partial charge in [-0.15, -0.1) is 0 Å². The summed E-state index contributed by atoms with van der Waals surface area (Å²) in [7, 11) is 0. The molecule has 31 heavy (non-hydrogen) atoms. The highest BCUT2D eigenvalue weighted by Gasteiger charge is 2.12.